The summed E-state index contributed by atoms with van der Waals surface area (Å²) in [4.78, 5) is 26.1. The Morgan fingerprint density at radius 2 is 2.14 bits per heavy atom. The largest absolute Gasteiger partial charge is 0.360 e. The van der Waals surface area contributed by atoms with Crippen LogP contribution in [0.4, 0.5) is 5.82 Å². The van der Waals surface area contributed by atoms with Crippen LogP contribution in [-0.4, -0.2) is 35.0 Å². The average Bonchev–Trinajstić information content (AvgIpc) is 2.90. The summed E-state index contributed by atoms with van der Waals surface area (Å²) in [6.45, 7) is 7.05. The Bertz CT molecular complexity index is 504. The van der Waals surface area contributed by atoms with Gasteiger partial charge in [-0.3, -0.25) is 9.59 Å². The molecule has 0 bridgehead atoms. The smallest absolute Gasteiger partial charge is 0.228 e. The lowest BCUT2D eigenvalue weighted by molar-refractivity contribution is -0.138. The van der Waals surface area contributed by atoms with Crippen LogP contribution in [0.1, 0.15) is 38.9 Å². The van der Waals surface area contributed by atoms with Crippen molar-refractivity contribution in [3.05, 3.63) is 11.8 Å². The Morgan fingerprint density at radius 1 is 1.48 bits per heavy atom. The van der Waals surface area contributed by atoms with Crippen molar-refractivity contribution in [2.75, 3.05) is 18.4 Å². The van der Waals surface area contributed by atoms with E-state index in [1.54, 1.807) is 13.0 Å². The minimum atomic E-state index is -0.0667. The van der Waals surface area contributed by atoms with E-state index in [2.05, 4.69) is 10.5 Å². The number of piperidine rings is 1. The highest BCUT2D eigenvalue weighted by atomic mass is 16.5. The number of nitrogens with zero attached hydrogens (tertiary/aromatic N) is 2. The van der Waals surface area contributed by atoms with Gasteiger partial charge in [-0.25, -0.2) is 0 Å². The third kappa shape index (κ3) is 3.83. The fraction of sp³-hybridized carbons (Fsp3) is 0.667. The molecule has 0 radical (unpaired) electrons. The second-order valence-corrected chi connectivity index (χ2v) is 5.72. The molecule has 1 atom stereocenters. The number of anilines is 1. The van der Waals surface area contributed by atoms with Gasteiger partial charge in [-0.05, 0) is 26.2 Å². The minimum absolute atomic E-state index is 0.0426. The van der Waals surface area contributed by atoms with E-state index in [0.29, 0.717) is 37.5 Å². The van der Waals surface area contributed by atoms with Crippen LogP contribution in [0.2, 0.25) is 0 Å². The Morgan fingerprint density at radius 3 is 2.67 bits per heavy atom. The molecule has 0 aliphatic carbocycles. The molecule has 1 N–H and O–H groups in total. The Hall–Kier alpha value is -1.85. The first kappa shape index (κ1) is 15.5. The van der Waals surface area contributed by atoms with Crippen LogP contribution in [0.3, 0.4) is 0 Å². The first-order valence-corrected chi connectivity index (χ1v) is 7.54. The van der Waals surface area contributed by atoms with Gasteiger partial charge in [0.05, 0.1) is 0 Å². The van der Waals surface area contributed by atoms with Crippen LogP contribution < -0.4 is 5.32 Å². The molecule has 6 nitrogen and oxygen atoms in total. The summed E-state index contributed by atoms with van der Waals surface area (Å²) in [5.74, 6) is 1.27. The molecule has 2 rings (SSSR count). The zero-order valence-electron chi connectivity index (χ0n) is 12.9. The fourth-order valence-electron chi connectivity index (χ4n) is 2.50. The van der Waals surface area contributed by atoms with Crippen molar-refractivity contribution in [1.29, 1.82) is 0 Å². The first-order chi connectivity index (χ1) is 10.0. The molecule has 1 aromatic rings. The molecule has 0 saturated carbocycles. The molecule has 6 heteroatoms. The van der Waals surface area contributed by atoms with E-state index >= 15 is 0 Å². The summed E-state index contributed by atoms with van der Waals surface area (Å²) in [7, 11) is 0. The summed E-state index contributed by atoms with van der Waals surface area (Å²) < 4.78 is 4.92. The lowest BCUT2D eigenvalue weighted by atomic mass is 9.94. The summed E-state index contributed by atoms with van der Waals surface area (Å²) in [5, 5.41) is 6.52. The van der Waals surface area contributed by atoms with E-state index in [0.717, 1.165) is 6.42 Å². The molecule has 0 aromatic carbocycles. The number of carbonyl (C=O) groups excluding carboxylic acids is 2. The Labute approximate surface area is 124 Å². The number of hydrogen-bond acceptors (Lipinski definition) is 4. The summed E-state index contributed by atoms with van der Waals surface area (Å²) in [5.41, 5.74) is 0. The molecule has 2 heterocycles. The maximum Gasteiger partial charge on any atom is 0.228 e. The van der Waals surface area contributed by atoms with Gasteiger partial charge in [0.2, 0.25) is 11.8 Å². The van der Waals surface area contributed by atoms with Crippen LogP contribution in [0.25, 0.3) is 0 Å². The molecule has 1 aromatic heterocycles. The molecular formula is C15H23N3O3. The predicted molar refractivity (Wildman–Crippen MR) is 78.6 cm³/mol. The van der Waals surface area contributed by atoms with Gasteiger partial charge in [0.15, 0.2) is 5.82 Å². The van der Waals surface area contributed by atoms with Crippen molar-refractivity contribution < 1.29 is 14.1 Å². The molecule has 1 aliphatic rings. The predicted octanol–water partition coefficient (Wildman–Crippen LogP) is 2.21. The van der Waals surface area contributed by atoms with Gasteiger partial charge in [0.1, 0.15) is 5.76 Å². The number of rotatable bonds is 4. The van der Waals surface area contributed by atoms with Crippen LogP contribution in [-0.2, 0) is 9.59 Å². The lowest BCUT2D eigenvalue weighted by Gasteiger charge is -2.32. The number of carbonyl (C=O) groups is 2. The monoisotopic (exact) mass is 293 g/mol. The SMILES string of the molecule is CCC(C)C(=O)N1CCC(C(=O)Nc2cc(C)on2)CC1. The van der Waals surface area contributed by atoms with Crippen LogP contribution in [0.5, 0.6) is 0 Å². The van der Waals surface area contributed by atoms with Crippen molar-refractivity contribution in [3.8, 4) is 0 Å². The van der Waals surface area contributed by atoms with E-state index in [1.165, 1.54) is 0 Å². The maximum absolute atomic E-state index is 12.1. The molecule has 21 heavy (non-hydrogen) atoms. The first-order valence-electron chi connectivity index (χ1n) is 7.54. The molecule has 1 unspecified atom stereocenters. The summed E-state index contributed by atoms with van der Waals surface area (Å²) in [6, 6.07) is 1.69. The molecular weight excluding hydrogens is 270 g/mol. The number of aromatic nitrogens is 1. The highest BCUT2D eigenvalue weighted by molar-refractivity contribution is 5.91. The van der Waals surface area contributed by atoms with Crippen molar-refractivity contribution in [2.24, 2.45) is 11.8 Å². The number of aryl methyl sites for hydroxylation is 1. The van der Waals surface area contributed by atoms with E-state index in [4.69, 9.17) is 4.52 Å². The van der Waals surface area contributed by atoms with Gasteiger partial charge in [-0.2, -0.15) is 0 Å². The van der Waals surface area contributed by atoms with E-state index in [9.17, 15) is 9.59 Å². The molecule has 1 aliphatic heterocycles. The Balaban J connectivity index is 1.83. The third-order valence-electron chi connectivity index (χ3n) is 4.09. The third-order valence-corrected chi connectivity index (χ3v) is 4.09. The average molecular weight is 293 g/mol. The number of hydrogen-bond donors (Lipinski definition) is 1. The van der Waals surface area contributed by atoms with Crippen molar-refractivity contribution in [1.82, 2.24) is 10.1 Å². The quantitative estimate of drug-likeness (QED) is 0.923. The number of nitrogens with one attached hydrogen (secondary N) is 1. The van der Waals surface area contributed by atoms with Crippen LogP contribution in [0, 0.1) is 18.8 Å². The van der Waals surface area contributed by atoms with Gasteiger partial charge >= 0.3 is 0 Å². The van der Waals surface area contributed by atoms with Gasteiger partial charge in [-0.1, -0.05) is 19.0 Å². The zero-order chi connectivity index (χ0) is 15.4. The second-order valence-electron chi connectivity index (χ2n) is 5.72. The van der Waals surface area contributed by atoms with Crippen molar-refractivity contribution >= 4 is 17.6 Å². The summed E-state index contributed by atoms with van der Waals surface area (Å²) in [6.07, 6.45) is 2.25. The molecule has 1 fully saturated rings. The maximum atomic E-state index is 12.1. The molecule has 116 valence electrons. The van der Waals surface area contributed by atoms with Crippen LogP contribution in [0.15, 0.2) is 10.6 Å². The van der Waals surface area contributed by atoms with E-state index in [-0.39, 0.29) is 23.7 Å². The highest BCUT2D eigenvalue weighted by Crippen LogP contribution is 2.21. The Kier molecular flexibility index (Phi) is 4.98. The zero-order valence-corrected chi connectivity index (χ0v) is 12.9. The molecule has 2 amide bonds. The normalized spacial score (nSPS) is 17.6. The number of amides is 2. The van der Waals surface area contributed by atoms with Crippen molar-refractivity contribution in [2.45, 2.75) is 40.0 Å². The standard InChI is InChI=1S/C15H23N3O3/c1-4-10(2)15(20)18-7-5-12(6-8-18)14(19)16-13-9-11(3)21-17-13/h9-10,12H,4-8H2,1-3H3,(H,16,17,19). The molecule has 1 saturated heterocycles. The van der Waals surface area contributed by atoms with Gasteiger partial charge in [0, 0.05) is 31.0 Å². The van der Waals surface area contributed by atoms with Gasteiger partial charge in [-0.15, -0.1) is 0 Å². The number of likely N-dealkylation sites (tertiary alicyclic amines) is 1. The van der Waals surface area contributed by atoms with Gasteiger partial charge in [0.25, 0.3) is 0 Å². The summed E-state index contributed by atoms with van der Waals surface area (Å²) >= 11 is 0. The van der Waals surface area contributed by atoms with Gasteiger partial charge < -0.3 is 14.7 Å². The van der Waals surface area contributed by atoms with Crippen LogP contribution >= 0.6 is 0 Å². The lowest BCUT2D eigenvalue weighted by Crippen LogP contribution is -2.43. The fourth-order valence-corrected chi connectivity index (χ4v) is 2.50. The van der Waals surface area contributed by atoms with E-state index in [1.807, 2.05) is 18.7 Å². The topological polar surface area (TPSA) is 75.4 Å². The van der Waals surface area contributed by atoms with Crippen molar-refractivity contribution in [3.63, 3.8) is 0 Å². The van der Waals surface area contributed by atoms with E-state index < -0.39 is 0 Å². The second kappa shape index (κ2) is 6.74. The highest BCUT2D eigenvalue weighted by Gasteiger charge is 2.29. The molecule has 0 spiro atoms. The minimum Gasteiger partial charge on any atom is -0.360 e.